The molecule has 0 atom stereocenters. The van der Waals surface area contributed by atoms with E-state index in [9.17, 15) is 8.42 Å². The summed E-state index contributed by atoms with van der Waals surface area (Å²) in [5, 5.41) is 8.11. The lowest BCUT2D eigenvalue weighted by atomic mass is 10.2. The van der Waals surface area contributed by atoms with Crippen molar-refractivity contribution >= 4 is 21.7 Å². The van der Waals surface area contributed by atoms with Crippen molar-refractivity contribution in [2.75, 3.05) is 11.1 Å². The Labute approximate surface area is 111 Å². The van der Waals surface area contributed by atoms with Crippen LogP contribution in [0.3, 0.4) is 0 Å². The first-order valence-electron chi connectivity index (χ1n) is 5.53. The molecule has 0 saturated carbocycles. The van der Waals surface area contributed by atoms with E-state index < -0.39 is 10.0 Å². The molecule has 0 aliphatic rings. The van der Waals surface area contributed by atoms with Gasteiger partial charge in [0.15, 0.2) is 0 Å². The number of nitrogens with one attached hydrogen (secondary N) is 1. The summed E-state index contributed by atoms with van der Waals surface area (Å²) in [5.41, 5.74) is 6.48. The summed E-state index contributed by atoms with van der Waals surface area (Å²) in [5.74, 6) is 1.10. The molecule has 0 aliphatic carbocycles. The van der Waals surface area contributed by atoms with Crippen molar-refractivity contribution in [3.63, 3.8) is 0 Å². The Hall–Kier alpha value is -2.12. The Bertz CT molecular complexity index is 668. The number of nitrogens with two attached hydrogens (primary N) is 2. The smallest absolute Gasteiger partial charge is 0.238 e. The molecule has 6 nitrogen and oxygen atoms in total. The molecule has 0 saturated heterocycles. The Balaban J connectivity index is 2.05. The maximum atomic E-state index is 11.1. The zero-order valence-corrected chi connectivity index (χ0v) is 10.9. The van der Waals surface area contributed by atoms with Crippen LogP contribution in [0.25, 0.3) is 0 Å². The van der Waals surface area contributed by atoms with E-state index in [-0.39, 0.29) is 4.90 Å². The van der Waals surface area contributed by atoms with Gasteiger partial charge in [-0.2, -0.15) is 0 Å². The predicted octanol–water partition coefficient (Wildman–Crippen LogP) is 0.923. The molecule has 0 fully saturated rings. The number of rotatable bonds is 4. The van der Waals surface area contributed by atoms with Crippen LogP contribution >= 0.6 is 0 Å². The highest BCUT2D eigenvalue weighted by atomic mass is 32.2. The topological polar surface area (TPSA) is 111 Å². The van der Waals surface area contributed by atoms with Gasteiger partial charge in [0.1, 0.15) is 11.6 Å². The summed E-state index contributed by atoms with van der Waals surface area (Å²) in [6, 6.07) is 11.6. The molecule has 5 N–H and O–H groups in total. The van der Waals surface area contributed by atoms with Gasteiger partial charge in [-0.1, -0.05) is 18.2 Å². The molecule has 0 unspecified atom stereocenters. The van der Waals surface area contributed by atoms with E-state index in [1.165, 1.54) is 12.1 Å². The minimum absolute atomic E-state index is 0.0957. The number of aromatic nitrogens is 1. The first-order chi connectivity index (χ1) is 8.95. The average Bonchev–Trinajstić information content (AvgIpc) is 2.36. The van der Waals surface area contributed by atoms with Gasteiger partial charge in [0.05, 0.1) is 4.90 Å². The second-order valence-corrected chi connectivity index (χ2v) is 5.55. The van der Waals surface area contributed by atoms with Crippen LogP contribution in [0.4, 0.5) is 11.6 Å². The molecular weight excluding hydrogens is 264 g/mol. The second kappa shape index (κ2) is 5.25. The lowest BCUT2D eigenvalue weighted by Crippen LogP contribution is -2.12. The van der Waals surface area contributed by atoms with Crippen LogP contribution in [0, 0.1) is 0 Å². The third-order valence-corrected chi connectivity index (χ3v) is 3.43. The molecule has 0 radical (unpaired) electrons. The van der Waals surface area contributed by atoms with Gasteiger partial charge in [0.25, 0.3) is 0 Å². The quantitative estimate of drug-likeness (QED) is 0.770. The third kappa shape index (κ3) is 3.67. The molecule has 1 heterocycles. The van der Waals surface area contributed by atoms with E-state index in [0.717, 1.165) is 5.56 Å². The monoisotopic (exact) mass is 278 g/mol. The summed E-state index contributed by atoms with van der Waals surface area (Å²) < 4.78 is 22.2. The highest BCUT2D eigenvalue weighted by molar-refractivity contribution is 7.89. The molecule has 0 aliphatic heterocycles. The molecule has 1 aromatic heterocycles. The molecule has 7 heteroatoms. The Morgan fingerprint density at radius 1 is 1.11 bits per heavy atom. The van der Waals surface area contributed by atoms with Crippen LogP contribution < -0.4 is 16.2 Å². The standard InChI is InChI=1S/C12H14N4O2S/c13-11-2-1-3-12(16-11)15-8-9-4-6-10(7-5-9)19(14,17)18/h1-7H,8H2,(H3,13,15,16)(H2,14,17,18). The zero-order valence-electron chi connectivity index (χ0n) is 10.1. The molecule has 1 aromatic carbocycles. The highest BCUT2D eigenvalue weighted by Crippen LogP contribution is 2.11. The molecule has 100 valence electrons. The number of hydrogen-bond acceptors (Lipinski definition) is 5. The van der Waals surface area contributed by atoms with Gasteiger partial charge in [-0.05, 0) is 29.8 Å². The second-order valence-electron chi connectivity index (χ2n) is 3.99. The first-order valence-corrected chi connectivity index (χ1v) is 7.08. The van der Waals surface area contributed by atoms with Gasteiger partial charge in [0.2, 0.25) is 10.0 Å². The summed E-state index contributed by atoms with van der Waals surface area (Å²) >= 11 is 0. The largest absolute Gasteiger partial charge is 0.384 e. The zero-order chi connectivity index (χ0) is 13.9. The van der Waals surface area contributed by atoms with E-state index in [2.05, 4.69) is 10.3 Å². The van der Waals surface area contributed by atoms with Crippen LogP contribution in [0.15, 0.2) is 47.4 Å². The number of sulfonamides is 1. The van der Waals surface area contributed by atoms with Crippen LogP contribution in [0.1, 0.15) is 5.56 Å². The molecule has 0 amide bonds. The maximum Gasteiger partial charge on any atom is 0.238 e. The lowest BCUT2D eigenvalue weighted by Gasteiger charge is -2.06. The van der Waals surface area contributed by atoms with Crippen LogP contribution in [-0.4, -0.2) is 13.4 Å². The number of pyridine rings is 1. The number of benzene rings is 1. The van der Waals surface area contributed by atoms with Crippen LogP contribution in [0.5, 0.6) is 0 Å². The molecule has 2 rings (SSSR count). The van der Waals surface area contributed by atoms with Gasteiger partial charge < -0.3 is 11.1 Å². The fraction of sp³-hybridized carbons (Fsp3) is 0.0833. The molecule has 19 heavy (non-hydrogen) atoms. The molecular formula is C12H14N4O2S. The van der Waals surface area contributed by atoms with E-state index in [0.29, 0.717) is 18.2 Å². The number of primary sulfonamides is 1. The number of anilines is 2. The normalized spacial score (nSPS) is 11.2. The summed E-state index contributed by atoms with van der Waals surface area (Å²) in [6.45, 7) is 0.515. The van der Waals surface area contributed by atoms with Gasteiger partial charge in [-0.15, -0.1) is 0 Å². The van der Waals surface area contributed by atoms with Crippen molar-refractivity contribution in [2.45, 2.75) is 11.4 Å². The maximum absolute atomic E-state index is 11.1. The van der Waals surface area contributed by atoms with Gasteiger partial charge >= 0.3 is 0 Å². The van der Waals surface area contributed by atoms with Crippen LogP contribution in [-0.2, 0) is 16.6 Å². The van der Waals surface area contributed by atoms with Crippen molar-refractivity contribution in [3.8, 4) is 0 Å². The molecule has 0 bridgehead atoms. The van der Waals surface area contributed by atoms with Crippen molar-refractivity contribution in [1.82, 2.24) is 4.98 Å². The number of nitrogens with zero attached hydrogens (tertiary/aromatic N) is 1. The lowest BCUT2D eigenvalue weighted by molar-refractivity contribution is 0.598. The van der Waals surface area contributed by atoms with E-state index >= 15 is 0 Å². The number of nitrogen functional groups attached to an aromatic ring is 1. The minimum atomic E-state index is -3.64. The van der Waals surface area contributed by atoms with E-state index in [4.69, 9.17) is 10.9 Å². The van der Waals surface area contributed by atoms with Gasteiger partial charge in [-0.3, -0.25) is 0 Å². The minimum Gasteiger partial charge on any atom is -0.384 e. The molecule has 0 spiro atoms. The SMILES string of the molecule is Nc1cccc(NCc2ccc(S(N)(=O)=O)cc2)n1. The fourth-order valence-corrected chi connectivity index (χ4v) is 2.05. The van der Waals surface area contributed by atoms with Crippen molar-refractivity contribution in [3.05, 3.63) is 48.0 Å². The average molecular weight is 278 g/mol. The molecule has 2 aromatic rings. The van der Waals surface area contributed by atoms with Crippen molar-refractivity contribution < 1.29 is 8.42 Å². The highest BCUT2D eigenvalue weighted by Gasteiger charge is 2.06. The summed E-state index contributed by atoms with van der Waals surface area (Å²) in [7, 11) is -3.64. The summed E-state index contributed by atoms with van der Waals surface area (Å²) in [6.07, 6.45) is 0. The van der Waals surface area contributed by atoms with Gasteiger partial charge in [-0.25, -0.2) is 18.5 Å². The van der Waals surface area contributed by atoms with E-state index in [1.54, 1.807) is 30.3 Å². The van der Waals surface area contributed by atoms with E-state index in [1.807, 2.05) is 0 Å². The first kappa shape index (κ1) is 13.3. The third-order valence-electron chi connectivity index (χ3n) is 2.50. The predicted molar refractivity (Wildman–Crippen MR) is 73.8 cm³/mol. The Kier molecular flexibility index (Phi) is 3.68. The van der Waals surface area contributed by atoms with Gasteiger partial charge in [0, 0.05) is 6.54 Å². The summed E-state index contributed by atoms with van der Waals surface area (Å²) in [4.78, 5) is 4.19. The number of hydrogen-bond donors (Lipinski definition) is 3. The van der Waals surface area contributed by atoms with Crippen molar-refractivity contribution in [1.29, 1.82) is 0 Å². The Morgan fingerprint density at radius 2 is 1.79 bits per heavy atom. The fourth-order valence-electron chi connectivity index (χ4n) is 1.54. The Morgan fingerprint density at radius 3 is 2.37 bits per heavy atom. The van der Waals surface area contributed by atoms with Crippen LogP contribution in [0.2, 0.25) is 0 Å². The van der Waals surface area contributed by atoms with Crippen molar-refractivity contribution in [2.24, 2.45) is 5.14 Å².